The van der Waals surface area contributed by atoms with E-state index < -0.39 is 12.4 Å². The van der Waals surface area contributed by atoms with Crippen LogP contribution in [0.4, 0.5) is 8.78 Å². The van der Waals surface area contributed by atoms with E-state index >= 15 is 0 Å². The van der Waals surface area contributed by atoms with Gasteiger partial charge in [0.25, 0.3) is 6.43 Å². The minimum absolute atomic E-state index is 0.148. The second kappa shape index (κ2) is 6.08. The predicted octanol–water partition coefficient (Wildman–Crippen LogP) is 2.35. The number of halogens is 3. The fourth-order valence-electron chi connectivity index (χ4n) is 1.19. The van der Waals surface area contributed by atoms with Crippen LogP contribution < -0.4 is 4.74 Å². The van der Waals surface area contributed by atoms with E-state index in [-0.39, 0.29) is 17.8 Å². The summed E-state index contributed by atoms with van der Waals surface area (Å²) in [6.45, 7) is 0. The van der Waals surface area contributed by atoms with Crippen LogP contribution in [-0.2, 0) is 16.0 Å². The molecule has 0 spiro atoms. The molecule has 0 fully saturated rings. The molecule has 0 bridgehead atoms. The molecule has 0 atom stereocenters. The first kappa shape index (κ1) is 14.1. The second-order valence-electron chi connectivity index (χ2n) is 3.06. The van der Waals surface area contributed by atoms with Crippen LogP contribution in [0.2, 0.25) is 0 Å². The molecule has 0 radical (unpaired) electrons. The van der Waals surface area contributed by atoms with E-state index in [1.807, 2.05) is 0 Å². The summed E-state index contributed by atoms with van der Waals surface area (Å²) in [7, 11) is 2.60. The Hall–Kier alpha value is -0.990. The highest BCUT2D eigenvalue weighted by Crippen LogP contribution is 2.28. The third-order valence-electron chi connectivity index (χ3n) is 2.01. The minimum Gasteiger partial charge on any atom is -0.495 e. The van der Waals surface area contributed by atoms with Crippen molar-refractivity contribution in [2.45, 2.75) is 12.8 Å². The van der Waals surface area contributed by atoms with Crippen LogP contribution in [-0.4, -0.2) is 25.2 Å². The Morgan fingerprint density at radius 2 is 2.18 bits per heavy atom. The van der Waals surface area contributed by atoms with Gasteiger partial charge in [0.1, 0.15) is 11.4 Å². The average Bonchev–Trinajstić information content (AvgIpc) is 2.30. The first-order valence-electron chi connectivity index (χ1n) is 4.57. The smallest absolute Gasteiger partial charge is 0.311 e. The maximum atomic E-state index is 12.6. The molecule has 1 rings (SSSR count). The molecule has 0 aliphatic rings. The SMILES string of the molecule is COC(=O)Cc1nc(C(F)F)c(I)cc1OC. The van der Waals surface area contributed by atoms with Gasteiger partial charge in [-0.2, -0.15) is 0 Å². The first-order chi connectivity index (χ1) is 7.99. The summed E-state index contributed by atoms with van der Waals surface area (Å²) in [5.74, 6) is -0.263. The zero-order valence-corrected chi connectivity index (χ0v) is 11.3. The Morgan fingerprint density at radius 3 is 2.65 bits per heavy atom. The van der Waals surface area contributed by atoms with E-state index in [9.17, 15) is 13.6 Å². The molecule has 0 aliphatic heterocycles. The maximum absolute atomic E-state index is 12.6. The van der Waals surface area contributed by atoms with Gasteiger partial charge in [0.05, 0.1) is 26.3 Å². The van der Waals surface area contributed by atoms with Gasteiger partial charge in [0.15, 0.2) is 0 Å². The van der Waals surface area contributed by atoms with Gasteiger partial charge in [-0.25, -0.2) is 13.8 Å². The van der Waals surface area contributed by atoms with E-state index in [2.05, 4.69) is 9.72 Å². The van der Waals surface area contributed by atoms with Crippen LogP contribution in [0.15, 0.2) is 6.07 Å². The van der Waals surface area contributed by atoms with E-state index in [0.29, 0.717) is 9.32 Å². The zero-order valence-electron chi connectivity index (χ0n) is 9.17. The number of carbonyl (C=O) groups excluding carboxylic acids is 1. The maximum Gasteiger partial charge on any atom is 0.311 e. The summed E-state index contributed by atoms with van der Waals surface area (Å²) in [5.41, 5.74) is -0.208. The van der Waals surface area contributed by atoms with Crippen molar-refractivity contribution in [1.29, 1.82) is 0 Å². The van der Waals surface area contributed by atoms with Gasteiger partial charge in [0.2, 0.25) is 0 Å². The van der Waals surface area contributed by atoms with Crippen LogP contribution in [0.3, 0.4) is 0 Å². The van der Waals surface area contributed by atoms with Gasteiger partial charge < -0.3 is 9.47 Å². The van der Waals surface area contributed by atoms with Gasteiger partial charge in [-0.05, 0) is 28.7 Å². The predicted molar refractivity (Wildman–Crippen MR) is 64.2 cm³/mol. The molecule has 1 heterocycles. The van der Waals surface area contributed by atoms with E-state index in [0.717, 1.165) is 0 Å². The molecule has 0 aliphatic carbocycles. The van der Waals surface area contributed by atoms with Crippen LogP contribution in [0.25, 0.3) is 0 Å². The van der Waals surface area contributed by atoms with E-state index in [1.54, 1.807) is 22.6 Å². The molecule has 0 amide bonds. The summed E-state index contributed by atoms with van der Waals surface area (Å²) in [6, 6.07) is 1.42. The molecule has 0 N–H and O–H groups in total. The summed E-state index contributed by atoms with van der Waals surface area (Å²) >= 11 is 1.75. The number of hydrogen-bond donors (Lipinski definition) is 0. The largest absolute Gasteiger partial charge is 0.495 e. The van der Waals surface area contributed by atoms with Crippen LogP contribution in [0.1, 0.15) is 17.8 Å². The third kappa shape index (κ3) is 3.48. The number of methoxy groups -OCH3 is 2. The van der Waals surface area contributed by atoms with Crippen LogP contribution >= 0.6 is 22.6 Å². The standard InChI is InChI=1S/C10H10F2INO3/c1-16-7-3-5(13)9(10(11)12)14-6(7)4-8(15)17-2/h3,10H,4H2,1-2H3. The van der Waals surface area contributed by atoms with E-state index in [1.165, 1.54) is 20.3 Å². The topological polar surface area (TPSA) is 48.4 Å². The van der Waals surface area contributed by atoms with Crippen molar-refractivity contribution >= 4 is 28.6 Å². The molecular formula is C10H10F2INO3. The summed E-state index contributed by atoms with van der Waals surface area (Å²) in [4.78, 5) is 14.9. The molecule has 17 heavy (non-hydrogen) atoms. The zero-order chi connectivity index (χ0) is 13.0. The van der Waals surface area contributed by atoms with Crippen molar-refractivity contribution in [3.63, 3.8) is 0 Å². The molecule has 0 saturated carbocycles. The number of esters is 1. The fraction of sp³-hybridized carbons (Fsp3) is 0.400. The number of ether oxygens (including phenoxy) is 2. The highest BCUT2D eigenvalue weighted by Gasteiger charge is 2.19. The lowest BCUT2D eigenvalue weighted by Gasteiger charge is -2.10. The normalized spacial score (nSPS) is 10.5. The molecule has 0 aromatic carbocycles. The van der Waals surface area contributed by atoms with Crippen molar-refractivity contribution in [3.05, 3.63) is 21.0 Å². The number of alkyl halides is 2. The third-order valence-corrected chi connectivity index (χ3v) is 2.87. The lowest BCUT2D eigenvalue weighted by atomic mass is 10.2. The van der Waals surface area contributed by atoms with Gasteiger partial charge >= 0.3 is 5.97 Å². The summed E-state index contributed by atoms with van der Waals surface area (Å²) in [5, 5.41) is 0. The van der Waals surface area contributed by atoms with Gasteiger partial charge in [0, 0.05) is 3.57 Å². The second-order valence-corrected chi connectivity index (χ2v) is 4.22. The van der Waals surface area contributed by atoms with Gasteiger partial charge in [-0.15, -0.1) is 0 Å². The highest BCUT2D eigenvalue weighted by atomic mass is 127. The van der Waals surface area contributed by atoms with Gasteiger partial charge in [-0.3, -0.25) is 4.79 Å². The Labute approximate surface area is 110 Å². The molecule has 0 saturated heterocycles. The minimum atomic E-state index is -2.69. The first-order valence-corrected chi connectivity index (χ1v) is 5.65. The van der Waals surface area contributed by atoms with E-state index in [4.69, 9.17) is 4.74 Å². The Bertz CT molecular complexity index is 426. The fourth-order valence-corrected chi connectivity index (χ4v) is 1.83. The molecular weight excluding hydrogens is 347 g/mol. The number of nitrogens with zero attached hydrogens (tertiary/aromatic N) is 1. The number of pyridine rings is 1. The van der Waals surface area contributed by atoms with Crippen molar-refractivity contribution in [2.24, 2.45) is 0 Å². The van der Waals surface area contributed by atoms with Crippen molar-refractivity contribution in [1.82, 2.24) is 4.98 Å². The highest BCUT2D eigenvalue weighted by molar-refractivity contribution is 14.1. The molecule has 7 heteroatoms. The van der Waals surface area contributed by atoms with Crippen molar-refractivity contribution in [3.8, 4) is 5.75 Å². The van der Waals surface area contributed by atoms with Crippen LogP contribution in [0, 0.1) is 3.57 Å². The molecule has 4 nitrogen and oxygen atoms in total. The Morgan fingerprint density at radius 1 is 1.53 bits per heavy atom. The monoisotopic (exact) mass is 357 g/mol. The summed E-state index contributed by atoms with van der Waals surface area (Å²) < 4.78 is 35.0. The molecule has 1 aromatic rings. The van der Waals surface area contributed by atoms with Gasteiger partial charge in [-0.1, -0.05) is 0 Å². The van der Waals surface area contributed by atoms with Crippen molar-refractivity contribution in [2.75, 3.05) is 14.2 Å². The van der Waals surface area contributed by atoms with Crippen molar-refractivity contribution < 1.29 is 23.0 Å². The summed E-state index contributed by atoms with van der Waals surface area (Å²) in [6.07, 6.45) is -2.89. The Kier molecular flexibility index (Phi) is 5.03. The number of rotatable bonds is 4. The number of carbonyl (C=O) groups is 1. The molecule has 1 aromatic heterocycles. The molecule has 94 valence electrons. The Balaban J connectivity index is 3.16. The lowest BCUT2D eigenvalue weighted by Crippen LogP contribution is -2.10. The average molecular weight is 357 g/mol. The molecule has 0 unspecified atom stereocenters. The number of hydrogen-bond acceptors (Lipinski definition) is 4. The quantitative estimate of drug-likeness (QED) is 0.613. The number of aromatic nitrogens is 1. The van der Waals surface area contributed by atoms with Crippen LogP contribution in [0.5, 0.6) is 5.75 Å². The lowest BCUT2D eigenvalue weighted by molar-refractivity contribution is -0.139.